The predicted molar refractivity (Wildman–Crippen MR) is 144 cm³/mol. The Morgan fingerprint density at radius 3 is 2.92 bits per heavy atom. The molecule has 5 aromatic rings. The number of halogens is 1. The molecule has 2 aromatic carbocycles. The number of fused-ring (bicyclic) bond motifs is 2. The fourth-order valence-electron chi connectivity index (χ4n) is 4.04. The molecular formula is C26H23ClN6O2S. The number of urea groups is 1. The van der Waals surface area contributed by atoms with E-state index < -0.39 is 0 Å². The highest BCUT2D eigenvalue weighted by Gasteiger charge is 2.23. The van der Waals surface area contributed by atoms with Gasteiger partial charge in [0.1, 0.15) is 23.3 Å². The fraction of sp³-hybridized carbons (Fsp3) is 0.192. The summed E-state index contributed by atoms with van der Waals surface area (Å²) >= 11 is 8.26. The summed E-state index contributed by atoms with van der Waals surface area (Å²) in [5.74, 6) is 2.00. The van der Waals surface area contributed by atoms with E-state index in [2.05, 4.69) is 32.0 Å². The number of aromatic nitrogens is 3. The van der Waals surface area contributed by atoms with E-state index in [4.69, 9.17) is 16.3 Å². The second-order valence-electron chi connectivity index (χ2n) is 8.60. The van der Waals surface area contributed by atoms with Gasteiger partial charge in [-0.2, -0.15) is 0 Å². The topological polar surface area (TPSA) is 93.1 Å². The normalized spacial score (nSPS) is 13.1. The van der Waals surface area contributed by atoms with E-state index in [1.54, 1.807) is 11.3 Å². The summed E-state index contributed by atoms with van der Waals surface area (Å²) in [5.41, 5.74) is 2.43. The molecule has 0 aliphatic heterocycles. The monoisotopic (exact) mass is 518 g/mol. The first-order chi connectivity index (χ1) is 17.6. The molecular weight excluding hydrogens is 496 g/mol. The minimum atomic E-state index is -0.129. The molecule has 0 bridgehead atoms. The van der Waals surface area contributed by atoms with E-state index in [0.29, 0.717) is 35.7 Å². The van der Waals surface area contributed by atoms with Gasteiger partial charge in [0.05, 0.1) is 10.5 Å². The molecule has 1 fully saturated rings. The maximum absolute atomic E-state index is 11.9. The van der Waals surface area contributed by atoms with Gasteiger partial charge in [-0.05, 0) is 60.7 Å². The zero-order chi connectivity index (χ0) is 24.5. The number of rotatable bonds is 8. The number of ether oxygens (including phenoxy) is 1. The van der Waals surface area contributed by atoms with Crippen LogP contribution in [0.25, 0.3) is 21.1 Å². The van der Waals surface area contributed by atoms with Gasteiger partial charge in [-0.1, -0.05) is 17.7 Å². The molecule has 0 radical (unpaired) electrons. The lowest BCUT2D eigenvalue weighted by atomic mass is 10.2. The second-order valence-corrected chi connectivity index (χ2v) is 9.96. The van der Waals surface area contributed by atoms with Gasteiger partial charge in [-0.3, -0.25) is 0 Å². The quantitative estimate of drug-likeness (QED) is 0.224. The summed E-state index contributed by atoms with van der Waals surface area (Å²) < 4.78 is 9.32. The van der Waals surface area contributed by atoms with Crippen LogP contribution in [0.4, 0.5) is 16.3 Å². The highest BCUT2D eigenvalue weighted by atomic mass is 35.5. The standard InChI is InChI=1S/C26H23ClN6O2S/c27-19-14-17(6-7-22(19)35-21-2-1-3-23-18(21)9-13-36-23)31-25-24-20(29-15-30-25)8-11-33(24)12-10-28-26(34)32-16-4-5-16/h1-3,6-9,11,13-16H,4-5,10,12H2,(H2,28,32,34)(H,29,30,31). The molecule has 0 atom stereocenters. The molecule has 3 aromatic heterocycles. The Bertz CT molecular complexity index is 1560. The zero-order valence-corrected chi connectivity index (χ0v) is 20.8. The minimum Gasteiger partial charge on any atom is -0.455 e. The number of nitrogens with zero attached hydrogens (tertiary/aromatic N) is 3. The summed E-state index contributed by atoms with van der Waals surface area (Å²) in [6.07, 6.45) is 5.59. The molecule has 10 heteroatoms. The molecule has 3 N–H and O–H groups in total. The Morgan fingerprint density at radius 1 is 1.14 bits per heavy atom. The van der Waals surface area contributed by atoms with Crippen LogP contribution in [0.15, 0.2) is 66.4 Å². The van der Waals surface area contributed by atoms with E-state index in [0.717, 1.165) is 45.4 Å². The maximum Gasteiger partial charge on any atom is 0.315 e. The second kappa shape index (κ2) is 9.67. The van der Waals surface area contributed by atoms with Crippen LogP contribution in [0.2, 0.25) is 5.02 Å². The molecule has 2 amide bonds. The zero-order valence-electron chi connectivity index (χ0n) is 19.2. The highest BCUT2D eigenvalue weighted by Crippen LogP contribution is 2.37. The van der Waals surface area contributed by atoms with E-state index >= 15 is 0 Å². The van der Waals surface area contributed by atoms with Crippen LogP contribution in [0, 0.1) is 0 Å². The minimum absolute atomic E-state index is 0.129. The number of hydrogen-bond donors (Lipinski definition) is 3. The molecule has 0 unspecified atom stereocenters. The molecule has 3 heterocycles. The lowest BCUT2D eigenvalue weighted by Crippen LogP contribution is -2.38. The lowest BCUT2D eigenvalue weighted by Gasteiger charge is -2.13. The third kappa shape index (κ3) is 4.80. The van der Waals surface area contributed by atoms with Crippen LogP contribution in [0.5, 0.6) is 11.5 Å². The van der Waals surface area contributed by atoms with Crippen molar-refractivity contribution in [2.24, 2.45) is 0 Å². The summed E-state index contributed by atoms with van der Waals surface area (Å²) in [6, 6.07) is 15.7. The summed E-state index contributed by atoms with van der Waals surface area (Å²) in [5, 5.41) is 12.8. The molecule has 1 saturated carbocycles. The first kappa shape index (κ1) is 22.6. The van der Waals surface area contributed by atoms with Crippen molar-refractivity contribution in [1.82, 2.24) is 25.2 Å². The van der Waals surface area contributed by atoms with Gasteiger partial charge in [0.2, 0.25) is 0 Å². The van der Waals surface area contributed by atoms with Crippen LogP contribution in [0.3, 0.4) is 0 Å². The van der Waals surface area contributed by atoms with Crippen LogP contribution in [-0.2, 0) is 6.54 Å². The third-order valence-electron chi connectivity index (χ3n) is 5.97. The van der Waals surface area contributed by atoms with Crippen molar-refractivity contribution >= 4 is 61.6 Å². The first-order valence-electron chi connectivity index (χ1n) is 11.7. The number of carbonyl (C=O) groups is 1. The van der Waals surface area contributed by atoms with Crippen LogP contribution >= 0.6 is 22.9 Å². The largest absolute Gasteiger partial charge is 0.455 e. The Balaban J connectivity index is 1.18. The Labute approximate surface area is 216 Å². The van der Waals surface area contributed by atoms with Crippen LogP contribution in [0.1, 0.15) is 12.8 Å². The number of amides is 2. The molecule has 8 nitrogen and oxygen atoms in total. The Kier molecular flexibility index (Phi) is 6.08. The highest BCUT2D eigenvalue weighted by molar-refractivity contribution is 7.17. The number of anilines is 2. The summed E-state index contributed by atoms with van der Waals surface area (Å²) in [4.78, 5) is 20.8. The van der Waals surface area contributed by atoms with Gasteiger partial charge in [0, 0.05) is 41.1 Å². The van der Waals surface area contributed by atoms with Crippen molar-refractivity contribution in [3.05, 3.63) is 71.5 Å². The van der Waals surface area contributed by atoms with Crippen molar-refractivity contribution in [1.29, 1.82) is 0 Å². The summed E-state index contributed by atoms with van der Waals surface area (Å²) in [6.45, 7) is 1.08. The predicted octanol–water partition coefficient (Wildman–Crippen LogP) is 6.30. The van der Waals surface area contributed by atoms with Crippen molar-refractivity contribution < 1.29 is 9.53 Å². The van der Waals surface area contributed by atoms with Crippen LogP contribution in [-0.4, -0.2) is 33.2 Å². The van der Waals surface area contributed by atoms with Crippen molar-refractivity contribution in [2.75, 3.05) is 11.9 Å². The SMILES string of the molecule is O=C(NCCn1ccc2ncnc(Nc3ccc(Oc4cccc5sccc45)c(Cl)c3)c21)NC1CC1. The molecule has 0 spiro atoms. The number of hydrogen-bond acceptors (Lipinski definition) is 6. The lowest BCUT2D eigenvalue weighted by molar-refractivity contribution is 0.240. The molecule has 0 saturated heterocycles. The average molecular weight is 519 g/mol. The van der Waals surface area contributed by atoms with Gasteiger partial charge in [-0.15, -0.1) is 11.3 Å². The third-order valence-corrected chi connectivity index (χ3v) is 7.15. The average Bonchev–Trinajstić information content (AvgIpc) is 3.37. The van der Waals surface area contributed by atoms with Crippen molar-refractivity contribution in [2.45, 2.75) is 25.4 Å². The van der Waals surface area contributed by atoms with E-state index in [-0.39, 0.29) is 6.03 Å². The van der Waals surface area contributed by atoms with Crippen molar-refractivity contribution in [3.8, 4) is 11.5 Å². The Hall–Kier alpha value is -3.82. The number of thiophene rings is 1. The Morgan fingerprint density at radius 2 is 2.06 bits per heavy atom. The summed E-state index contributed by atoms with van der Waals surface area (Å²) in [7, 11) is 0. The van der Waals surface area contributed by atoms with Gasteiger partial charge in [0.15, 0.2) is 5.82 Å². The maximum atomic E-state index is 11.9. The molecule has 36 heavy (non-hydrogen) atoms. The van der Waals surface area contributed by atoms with Crippen LogP contribution < -0.4 is 20.7 Å². The molecule has 1 aliphatic carbocycles. The van der Waals surface area contributed by atoms with Gasteiger partial charge in [-0.25, -0.2) is 14.8 Å². The smallest absolute Gasteiger partial charge is 0.315 e. The molecule has 6 rings (SSSR count). The fourth-order valence-corrected chi connectivity index (χ4v) is 5.06. The number of carbonyl (C=O) groups excluding carboxylic acids is 1. The molecule has 182 valence electrons. The first-order valence-corrected chi connectivity index (χ1v) is 12.9. The van der Waals surface area contributed by atoms with E-state index in [9.17, 15) is 4.79 Å². The van der Waals surface area contributed by atoms with E-state index in [1.807, 2.05) is 58.6 Å². The molecule has 1 aliphatic rings. The van der Waals surface area contributed by atoms with Gasteiger partial charge in [0.25, 0.3) is 0 Å². The van der Waals surface area contributed by atoms with Crippen molar-refractivity contribution in [3.63, 3.8) is 0 Å². The van der Waals surface area contributed by atoms with Gasteiger partial charge < -0.3 is 25.3 Å². The van der Waals surface area contributed by atoms with E-state index in [1.165, 1.54) is 6.33 Å². The number of nitrogens with one attached hydrogen (secondary N) is 3. The number of benzene rings is 2. The van der Waals surface area contributed by atoms with Gasteiger partial charge >= 0.3 is 6.03 Å².